The minimum Gasteiger partial charge on any atom is -0.462 e. The van der Waals surface area contributed by atoms with E-state index in [1.807, 2.05) is 0 Å². The maximum absolute atomic E-state index is 12.7. The molecule has 0 aromatic heterocycles. The summed E-state index contributed by atoms with van der Waals surface area (Å²) in [4.78, 5) is 15.2. The molecule has 0 radical (unpaired) electrons. The number of carbonyl (C=O) groups is 1. The molecule has 6 atom stereocenters. The van der Waals surface area contributed by atoms with Gasteiger partial charge in [0.05, 0.1) is 18.1 Å². The number of ether oxygens (including phenoxy) is 2. The molecule has 5 aliphatic rings. The second-order valence-corrected chi connectivity index (χ2v) is 10.1. The predicted molar refractivity (Wildman–Crippen MR) is 95.1 cm³/mol. The van der Waals surface area contributed by atoms with E-state index < -0.39 is 0 Å². The number of likely N-dealkylation sites (tertiary alicyclic amines) is 1. The van der Waals surface area contributed by atoms with Crippen molar-refractivity contribution < 1.29 is 14.3 Å². The Balaban J connectivity index is 1.33. The van der Waals surface area contributed by atoms with Gasteiger partial charge in [0.15, 0.2) is 0 Å². The van der Waals surface area contributed by atoms with Crippen LogP contribution >= 0.6 is 0 Å². The highest BCUT2D eigenvalue weighted by atomic mass is 16.6. The van der Waals surface area contributed by atoms with Crippen LogP contribution in [0.1, 0.15) is 58.8 Å². The topological polar surface area (TPSA) is 42.1 Å². The van der Waals surface area contributed by atoms with Crippen LogP contribution in [0.25, 0.3) is 0 Å². The van der Waals surface area contributed by atoms with Crippen molar-refractivity contribution >= 4 is 5.97 Å². The maximum Gasteiger partial charge on any atom is 0.310 e. The van der Waals surface area contributed by atoms with Gasteiger partial charge in [-0.05, 0) is 75.3 Å². The first kappa shape index (κ1) is 16.6. The zero-order chi connectivity index (χ0) is 17.2. The maximum atomic E-state index is 12.7. The van der Waals surface area contributed by atoms with Crippen LogP contribution in [0.4, 0.5) is 0 Å². The summed E-state index contributed by atoms with van der Waals surface area (Å²) >= 11 is 0. The van der Waals surface area contributed by atoms with E-state index in [4.69, 9.17) is 9.47 Å². The van der Waals surface area contributed by atoms with Crippen LogP contribution in [0.3, 0.4) is 0 Å². The summed E-state index contributed by atoms with van der Waals surface area (Å²) in [6.45, 7) is 8.95. The van der Waals surface area contributed by atoms with Crippen molar-refractivity contribution in [3.63, 3.8) is 0 Å². The van der Waals surface area contributed by atoms with Crippen LogP contribution in [0.2, 0.25) is 0 Å². The van der Waals surface area contributed by atoms with Crippen LogP contribution in [-0.2, 0) is 14.3 Å². The van der Waals surface area contributed by atoms with Crippen molar-refractivity contribution in [2.24, 2.45) is 29.1 Å². The molecule has 25 heavy (non-hydrogen) atoms. The molecule has 5 rings (SSSR count). The highest BCUT2D eigenvalue weighted by molar-refractivity contribution is 5.75. The molecule has 5 fully saturated rings. The van der Waals surface area contributed by atoms with Crippen LogP contribution in [-0.4, -0.2) is 48.8 Å². The van der Waals surface area contributed by atoms with Crippen LogP contribution < -0.4 is 0 Å². The van der Waals surface area contributed by atoms with E-state index >= 15 is 0 Å². The fourth-order valence-electron chi connectivity index (χ4n) is 6.69. The lowest BCUT2D eigenvalue weighted by Crippen LogP contribution is -2.51. The number of esters is 1. The molecule has 3 saturated heterocycles. The second kappa shape index (κ2) is 5.69. The molecule has 1 spiro atoms. The van der Waals surface area contributed by atoms with Gasteiger partial charge in [-0.3, -0.25) is 4.79 Å². The molecule has 2 saturated carbocycles. The van der Waals surface area contributed by atoms with E-state index in [9.17, 15) is 4.79 Å². The van der Waals surface area contributed by atoms with Gasteiger partial charge in [0.2, 0.25) is 0 Å². The van der Waals surface area contributed by atoms with Crippen molar-refractivity contribution in [3.05, 3.63) is 0 Å². The van der Waals surface area contributed by atoms with Crippen molar-refractivity contribution in [1.82, 2.24) is 4.90 Å². The zero-order valence-corrected chi connectivity index (χ0v) is 15.8. The van der Waals surface area contributed by atoms with E-state index in [1.165, 1.54) is 32.1 Å². The number of epoxide rings is 1. The molecular formula is C21H33NO3. The molecule has 0 bridgehead atoms. The van der Waals surface area contributed by atoms with E-state index in [1.54, 1.807) is 0 Å². The first-order valence-electron chi connectivity index (χ1n) is 10.6. The smallest absolute Gasteiger partial charge is 0.310 e. The summed E-state index contributed by atoms with van der Waals surface area (Å²) in [6, 6.07) is 0. The Morgan fingerprint density at radius 2 is 2.00 bits per heavy atom. The number of carbonyl (C=O) groups excluding carboxylic acids is 1. The lowest BCUT2D eigenvalue weighted by atomic mass is 9.53. The Bertz CT molecular complexity index is 551. The minimum atomic E-state index is 0.0848. The van der Waals surface area contributed by atoms with Gasteiger partial charge in [0, 0.05) is 12.5 Å². The number of rotatable bonds is 2. The number of fused-ring (bicyclic) bond motifs is 3. The van der Waals surface area contributed by atoms with Gasteiger partial charge >= 0.3 is 5.97 Å². The fraction of sp³-hybridized carbons (Fsp3) is 0.952. The van der Waals surface area contributed by atoms with Gasteiger partial charge in [0.1, 0.15) is 6.10 Å². The summed E-state index contributed by atoms with van der Waals surface area (Å²) in [6.07, 6.45) is 8.69. The van der Waals surface area contributed by atoms with Gasteiger partial charge in [-0.25, -0.2) is 0 Å². The average Bonchev–Trinajstić information content (AvgIpc) is 3.28. The Morgan fingerprint density at radius 3 is 2.72 bits per heavy atom. The minimum absolute atomic E-state index is 0.0848. The van der Waals surface area contributed by atoms with Crippen LogP contribution in [0, 0.1) is 29.1 Å². The molecular weight excluding hydrogens is 314 g/mol. The fourth-order valence-corrected chi connectivity index (χ4v) is 6.69. The largest absolute Gasteiger partial charge is 0.462 e. The van der Waals surface area contributed by atoms with E-state index in [0.717, 1.165) is 45.0 Å². The lowest BCUT2D eigenvalue weighted by Gasteiger charge is -2.51. The number of nitrogens with zero attached hydrogens (tertiary/aromatic N) is 1. The lowest BCUT2D eigenvalue weighted by molar-refractivity contribution is -0.147. The first-order chi connectivity index (χ1) is 12.0. The molecule has 140 valence electrons. The third kappa shape index (κ3) is 2.66. The second-order valence-electron chi connectivity index (χ2n) is 10.1. The summed E-state index contributed by atoms with van der Waals surface area (Å²) in [5.41, 5.74) is 0.473. The highest BCUT2D eigenvalue weighted by Crippen LogP contribution is 2.62. The van der Waals surface area contributed by atoms with Gasteiger partial charge in [-0.2, -0.15) is 0 Å². The number of hydrogen-bond donors (Lipinski definition) is 0. The van der Waals surface area contributed by atoms with Gasteiger partial charge in [0.25, 0.3) is 0 Å². The van der Waals surface area contributed by atoms with E-state index in [2.05, 4.69) is 18.7 Å². The summed E-state index contributed by atoms with van der Waals surface area (Å²) in [5, 5.41) is 0. The van der Waals surface area contributed by atoms with Crippen molar-refractivity contribution in [2.75, 3.05) is 26.2 Å². The summed E-state index contributed by atoms with van der Waals surface area (Å²) < 4.78 is 11.9. The molecule has 0 N–H and O–H groups in total. The molecule has 3 aliphatic heterocycles. The SMILES string of the molecule is CC1CCN(CC2C(=O)OC3CC4(C)CCCC5(CO5)C4CC32)CC1. The van der Waals surface area contributed by atoms with Crippen molar-refractivity contribution in [1.29, 1.82) is 0 Å². The Hall–Kier alpha value is -0.610. The molecule has 4 nitrogen and oxygen atoms in total. The average molecular weight is 347 g/mol. The standard InChI is InChI=1S/C21H33NO3/c1-14-4-8-22(9-5-14)12-16-15-10-18-20(2,11-17(15)25-19(16)23)6-3-7-21(18)13-24-21/h14-18H,3-13H2,1-2H3. The van der Waals surface area contributed by atoms with E-state index in [0.29, 0.717) is 17.3 Å². The summed E-state index contributed by atoms with van der Waals surface area (Å²) in [7, 11) is 0. The Morgan fingerprint density at radius 1 is 1.24 bits per heavy atom. The van der Waals surface area contributed by atoms with Gasteiger partial charge in [-0.15, -0.1) is 0 Å². The molecule has 3 heterocycles. The normalized spacial score (nSPS) is 50.4. The number of hydrogen-bond acceptors (Lipinski definition) is 4. The third-order valence-corrected chi connectivity index (χ3v) is 8.41. The molecule has 2 aliphatic carbocycles. The number of piperidine rings is 1. The van der Waals surface area contributed by atoms with Gasteiger partial charge < -0.3 is 14.4 Å². The summed E-state index contributed by atoms with van der Waals surface area (Å²) in [5.74, 6) is 2.07. The van der Waals surface area contributed by atoms with Crippen LogP contribution in [0.5, 0.6) is 0 Å². The first-order valence-corrected chi connectivity index (χ1v) is 10.6. The Labute approximate surface area is 151 Å². The molecule has 0 amide bonds. The monoisotopic (exact) mass is 347 g/mol. The van der Waals surface area contributed by atoms with Crippen LogP contribution in [0.15, 0.2) is 0 Å². The predicted octanol–water partition coefficient (Wildman–Crippen LogP) is 3.25. The third-order valence-electron chi connectivity index (χ3n) is 8.41. The quantitative estimate of drug-likeness (QED) is 0.568. The molecule has 6 unspecified atom stereocenters. The van der Waals surface area contributed by atoms with E-state index in [-0.39, 0.29) is 23.6 Å². The molecule has 0 aromatic carbocycles. The van der Waals surface area contributed by atoms with Crippen molar-refractivity contribution in [3.8, 4) is 0 Å². The van der Waals surface area contributed by atoms with Crippen molar-refractivity contribution in [2.45, 2.75) is 70.5 Å². The molecule has 4 heteroatoms. The highest BCUT2D eigenvalue weighted by Gasteiger charge is 2.65. The molecule has 0 aromatic rings. The zero-order valence-electron chi connectivity index (χ0n) is 15.8. The van der Waals surface area contributed by atoms with Gasteiger partial charge in [-0.1, -0.05) is 13.8 Å². The Kier molecular flexibility index (Phi) is 3.77.